The van der Waals surface area contributed by atoms with Gasteiger partial charge >= 0.3 is 0 Å². The van der Waals surface area contributed by atoms with Crippen LogP contribution in [-0.2, 0) is 6.42 Å². The highest BCUT2D eigenvalue weighted by molar-refractivity contribution is 9.11. The number of aryl methyl sites for hydroxylation is 1. The fraction of sp³-hybridized carbons (Fsp3) is 0.333. The van der Waals surface area contributed by atoms with Gasteiger partial charge in [-0.2, -0.15) is 0 Å². The third-order valence-corrected chi connectivity index (χ3v) is 5.64. The number of benzene rings is 2. The minimum Gasteiger partial charge on any atom is -0.312 e. The Morgan fingerprint density at radius 2 is 1.95 bits per heavy atom. The molecule has 1 aliphatic carbocycles. The van der Waals surface area contributed by atoms with Gasteiger partial charge in [0.2, 0.25) is 0 Å². The third-order valence-electron chi connectivity index (χ3n) is 4.42. The minimum absolute atomic E-state index is 0.332. The number of fused-ring (bicyclic) bond motifs is 1. The molecular formula is C18H19Br2N. The van der Waals surface area contributed by atoms with Crippen molar-refractivity contribution in [3.8, 4) is 0 Å². The Hall–Kier alpha value is -0.640. The second-order valence-corrected chi connectivity index (χ2v) is 7.40. The van der Waals surface area contributed by atoms with Crippen molar-refractivity contribution >= 4 is 31.9 Å². The van der Waals surface area contributed by atoms with Gasteiger partial charge < -0.3 is 5.32 Å². The molecule has 3 rings (SSSR count). The van der Waals surface area contributed by atoms with Crippen LogP contribution in [0.4, 0.5) is 0 Å². The molecule has 110 valence electrons. The molecule has 0 saturated carbocycles. The van der Waals surface area contributed by atoms with Crippen LogP contribution >= 0.6 is 31.9 Å². The molecule has 21 heavy (non-hydrogen) atoms. The van der Waals surface area contributed by atoms with E-state index in [4.69, 9.17) is 0 Å². The van der Waals surface area contributed by atoms with E-state index in [-0.39, 0.29) is 0 Å². The van der Waals surface area contributed by atoms with Gasteiger partial charge in [0.05, 0.1) is 0 Å². The number of hydrogen-bond acceptors (Lipinski definition) is 1. The van der Waals surface area contributed by atoms with Crippen molar-refractivity contribution in [2.24, 2.45) is 0 Å². The quantitative estimate of drug-likeness (QED) is 0.697. The van der Waals surface area contributed by atoms with Crippen molar-refractivity contribution in [1.82, 2.24) is 5.32 Å². The molecule has 0 saturated heterocycles. The summed E-state index contributed by atoms with van der Waals surface area (Å²) in [4.78, 5) is 0. The zero-order valence-corrected chi connectivity index (χ0v) is 15.2. The predicted octanol–water partition coefficient (Wildman–Crippen LogP) is 5.59. The number of nitrogens with one attached hydrogen (secondary N) is 1. The second-order valence-electron chi connectivity index (χ2n) is 5.63. The summed E-state index contributed by atoms with van der Waals surface area (Å²) in [6, 6.07) is 15.7. The standard InChI is InChI=1S/C18H19Br2N/c1-21-18(16-11-13(19)9-10-17(16)20)15-8-4-6-12-5-2-3-7-14(12)15/h2-3,5,7,9-11,15,18,21H,4,6,8H2,1H3. The molecule has 2 unspecified atom stereocenters. The maximum Gasteiger partial charge on any atom is 0.0398 e. The van der Waals surface area contributed by atoms with Crippen LogP contribution in [0.3, 0.4) is 0 Å². The first-order valence-electron chi connectivity index (χ1n) is 7.40. The highest BCUT2D eigenvalue weighted by atomic mass is 79.9. The van der Waals surface area contributed by atoms with Crippen LogP contribution in [0.1, 0.15) is 41.5 Å². The lowest BCUT2D eigenvalue weighted by molar-refractivity contribution is 0.424. The average Bonchev–Trinajstić information content (AvgIpc) is 2.51. The van der Waals surface area contributed by atoms with Crippen molar-refractivity contribution in [3.05, 3.63) is 68.1 Å². The molecule has 0 spiro atoms. The van der Waals surface area contributed by atoms with Gasteiger partial charge in [-0.25, -0.2) is 0 Å². The van der Waals surface area contributed by atoms with Crippen LogP contribution in [0.15, 0.2) is 51.4 Å². The van der Waals surface area contributed by atoms with E-state index in [1.165, 1.54) is 40.4 Å². The van der Waals surface area contributed by atoms with Crippen molar-refractivity contribution in [2.45, 2.75) is 31.2 Å². The van der Waals surface area contributed by atoms with E-state index in [1.807, 2.05) is 0 Å². The lowest BCUT2D eigenvalue weighted by atomic mass is 9.77. The minimum atomic E-state index is 0.332. The van der Waals surface area contributed by atoms with Gasteiger partial charge in [0.15, 0.2) is 0 Å². The Bertz CT molecular complexity index is 639. The smallest absolute Gasteiger partial charge is 0.0398 e. The average molecular weight is 409 g/mol. The maximum absolute atomic E-state index is 3.72. The Morgan fingerprint density at radius 1 is 1.14 bits per heavy atom. The molecule has 0 aromatic heterocycles. The van der Waals surface area contributed by atoms with Crippen molar-refractivity contribution in [1.29, 1.82) is 0 Å². The van der Waals surface area contributed by atoms with Crippen molar-refractivity contribution < 1.29 is 0 Å². The van der Waals surface area contributed by atoms with Crippen LogP contribution < -0.4 is 5.32 Å². The van der Waals surface area contributed by atoms with E-state index < -0.39 is 0 Å². The van der Waals surface area contributed by atoms with Crippen LogP contribution in [0, 0.1) is 0 Å². The largest absolute Gasteiger partial charge is 0.312 e. The summed E-state index contributed by atoms with van der Waals surface area (Å²) in [6.07, 6.45) is 3.72. The highest BCUT2D eigenvalue weighted by Gasteiger charge is 2.29. The number of halogens is 2. The summed E-state index contributed by atoms with van der Waals surface area (Å²) >= 11 is 7.32. The van der Waals surface area contributed by atoms with Gasteiger partial charge in [0.1, 0.15) is 0 Å². The number of rotatable bonds is 3. The van der Waals surface area contributed by atoms with E-state index in [0.717, 1.165) is 4.47 Å². The van der Waals surface area contributed by atoms with Gasteiger partial charge in [-0.05, 0) is 61.2 Å². The lowest BCUT2D eigenvalue weighted by Crippen LogP contribution is -2.27. The zero-order valence-electron chi connectivity index (χ0n) is 12.1. The summed E-state index contributed by atoms with van der Waals surface area (Å²) in [6.45, 7) is 0. The number of hydrogen-bond donors (Lipinski definition) is 1. The predicted molar refractivity (Wildman–Crippen MR) is 95.8 cm³/mol. The van der Waals surface area contributed by atoms with Gasteiger partial charge in [-0.3, -0.25) is 0 Å². The Kier molecular flexibility index (Phi) is 4.82. The summed E-state index contributed by atoms with van der Waals surface area (Å²) in [5.41, 5.74) is 4.35. The Labute approximate surface area is 143 Å². The van der Waals surface area contributed by atoms with E-state index >= 15 is 0 Å². The number of likely N-dealkylation sites (N-methyl/N-ethyl adjacent to an activating group) is 1. The normalized spacial score (nSPS) is 19.1. The van der Waals surface area contributed by atoms with E-state index in [9.17, 15) is 0 Å². The maximum atomic E-state index is 3.72. The van der Waals surface area contributed by atoms with Crippen LogP contribution in [-0.4, -0.2) is 7.05 Å². The van der Waals surface area contributed by atoms with E-state index in [1.54, 1.807) is 0 Å². The third kappa shape index (κ3) is 3.10. The second kappa shape index (κ2) is 6.64. The van der Waals surface area contributed by atoms with Crippen molar-refractivity contribution in [3.63, 3.8) is 0 Å². The molecule has 2 atom stereocenters. The molecule has 0 amide bonds. The zero-order chi connectivity index (χ0) is 14.8. The first-order chi connectivity index (χ1) is 10.2. The summed E-state index contributed by atoms with van der Waals surface area (Å²) < 4.78 is 2.30. The topological polar surface area (TPSA) is 12.0 Å². The fourth-order valence-electron chi connectivity index (χ4n) is 3.46. The SMILES string of the molecule is CNC(c1cc(Br)ccc1Br)C1CCCc2ccccc21. The molecule has 0 bridgehead atoms. The lowest BCUT2D eigenvalue weighted by Gasteiger charge is -2.33. The molecule has 0 aliphatic heterocycles. The van der Waals surface area contributed by atoms with Gasteiger partial charge in [0.25, 0.3) is 0 Å². The summed E-state index contributed by atoms with van der Waals surface area (Å²) in [5.74, 6) is 0.533. The molecule has 0 heterocycles. The first kappa shape index (κ1) is 15.3. The van der Waals surface area contributed by atoms with Crippen molar-refractivity contribution in [2.75, 3.05) is 7.05 Å². The van der Waals surface area contributed by atoms with Gasteiger partial charge in [0, 0.05) is 20.9 Å². The van der Waals surface area contributed by atoms with Gasteiger partial charge in [-0.15, -0.1) is 0 Å². The molecular weight excluding hydrogens is 390 g/mol. The molecule has 0 radical (unpaired) electrons. The highest BCUT2D eigenvalue weighted by Crippen LogP contribution is 2.42. The molecule has 2 aromatic carbocycles. The van der Waals surface area contributed by atoms with Crippen LogP contribution in [0.25, 0.3) is 0 Å². The molecule has 1 aliphatic rings. The molecule has 3 heteroatoms. The monoisotopic (exact) mass is 407 g/mol. The Morgan fingerprint density at radius 3 is 2.76 bits per heavy atom. The Balaban J connectivity index is 2.03. The molecule has 2 aromatic rings. The molecule has 1 N–H and O–H groups in total. The van der Waals surface area contributed by atoms with Crippen LogP contribution in [0.5, 0.6) is 0 Å². The first-order valence-corrected chi connectivity index (χ1v) is 8.99. The molecule has 1 nitrogen and oxygen atoms in total. The summed E-state index contributed by atoms with van der Waals surface area (Å²) in [7, 11) is 2.06. The van der Waals surface area contributed by atoms with Gasteiger partial charge in [-0.1, -0.05) is 56.1 Å². The summed E-state index contributed by atoms with van der Waals surface area (Å²) in [5, 5.41) is 3.55. The van der Waals surface area contributed by atoms with E-state index in [0.29, 0.717) is 12.0 Å². The van der Waals surface area contributed by atoms with Crippen LogP contribution in [0.2, 0.25) is 0 Å². The fourth-order valence-corrected chi connectivity index (χ4v) is 4.34. The van der Waals surface area contributed by atoms with E-state index in [2.05, 4.69) is 86.7 Å². The molecule has 0 fully saturated rings.